The zero-order valence-electron chi connectivity index (χ0n) is 12.8. The summed E-state index contributed by atoms with van der Waals surface area (Å²) in [6.45, 7) is 4.59. The highest BCUT2D eigenvalue weighted by atomic mass is 79.9. The summed E-state index contributed by atoms with van der Waals surface area (Å²) in [5, 5.41) is 3.48. The molecule has 0 saturated carbocycles. The Morgan fingerprint density at radius 1 is 0.850 bits per heavy atom. The Morgan fingerprint density at radius 3 is 1.50 bits per heavy atom. The van der Waals surface area contributed by atoms with Gasteiger partial charge in [-0.2, -0.15) is 0 Å². The maximum Gasteiger partial charge on any atom is 0.324 e. The third-order valence-electron chi connectivity index (χ3n) is 2.92. The lowest BCUT2D eigenvalue weighted by molar-refractivity contribution is 0.439. The van der Waals surface area contributed by atoms with Crippen LogP contribution in [0.1, 0.15) is 65.2 Å². The monoisotopic (exact) mass is 498 g/mol. The van der Waals surface area contributed by atoms with Crippen LogP contribution in [-0.4, -0.2) is 20.9 Å². The molecular weight excluding hydrogens is 471 g/mol. The molecule has 124 valence electrons. The molecule has 0 heterocycles. The van der Waals surface area contributed by atoms with E-state index >= 15 is 0 Å². The van der Waals surface area contributed by atoms with E-state index in [1.165, 1.54) is 56.7 Å². The summed E-state index contributed by atoms with van der Waals surface area (Å²) in [6.07, 6.45) is 10.9. The van der Waals surface area contributed by atoms with Crippen molar-refractivity contribution in [2.24, 2.45) is 5.92 Å². The van der Waals surface area contributed by atoms with Crippen molar-refractivity contribution in [1.82, 2.24) is 0 Å². The molecule has 0 fully saturated rings. The Hall–Kier alpha value is 1.50. The average Bonchev–Trinajstić information content (AvgIpc) is 2.46. The fourth-order valence-corrected chi connectivity index (χ4v) is 2.78. The van der Waals surface area contributed by atoms with Gasteiger partial charge in [-0.25, -0.2) is 4.57 Å². The molecule has 0 aromatic carbocycles. The molecule has 0 amide bonds. The van der Waals surface area contributed by atoms with Crippen LogP contribution in [0.2, 0.25) is 0 Å². The van der Waals surface area contributed by atoms with Gasteiger partial charge in [-0.1, -0.05) is 93.7 Å². The Morgan fingerprint density at radius 2 is 1.20 bits per heavy atom. The molecule has 2 nitrogen and oxygen atoms in total. The van der Waals surface area contributed by atoms with E-state index < -0.39 is 8.69 Å². The van der Waals surface area contributed by atoms with Gasteiger partial charge in [0.05, 0.1) is 0 Å². The fourth-order valence-electron chi connectivity index (χ4n) is 1.59. The summed E-state index contributed by atoms with van der Waals surface area (Å²) in [5.41, 5.74) is 0. The van der Waals surface area contributed by atoms with Crippen LogP contribution in [-0.2, 0) is 4.57 Å². The molecule has 0 aliphatic carbocycles. The van der Waals surface area contributed by atoms with Crippen molar-refractivity contribution in [3.63, 3.8) is 0 Å². The molecule has 0 unspecified atom stereocenters. The van der Waals surface area contributed by atoms with E-state index in [9.17, 15) is 0 Å². The van der Waals surface area contributed by atoms with E-state index in [-0.39, 0.29) is 0 Å². The summed E-state index contributed by atoms with van der Waals surface area (Å²) in [7, 11) is -0.833. The number of hydrogen-bond acceptors (Lipinski definition) is 1. The van der Waals surface area contributed by atoms with Crippen molar-refractivity contribution in [1.29, 1.82) is 0 Å². The van der Waals surface area contributed by atoms with Gasteiger partial charge in [0.2, 0.25) is 0 Å². The molecule has 20 heavy (non-hydrogen) atoms. The van der Waals surface area contributed by atoms with Crippen LogP contribution in [0.25, 0.3) is 0 Å². The topological polar surface area (TPSA) is 37.3 Å². The maximum atomic E-state index is 8.46. The standard InChI is InChI=1S/C9H19Br.C5H10Br2.HO2P/c1-3-9(4-2)7-5-6-8-10;6-4-2-1-3-5-7;1-3-2/h9H,3-8H2,1-2H3;1-5H2;(H,1,2). The number of hydrogen-bond donors (Lipinski definition) is 1. The Bertz CT molecular complexity index is 155. The summed E-state index contributed by atoms with van der Waals surface area (Å²) >= 11 is 10.2. The minimum Gasteiger partial charge on any atom is -0.310 e. The summed E-state index contributed by atoms with van der Waals surface area (Å²) < 4.78 is 8.46. The van der Waals surface area contributed by atoms with Crippen LogP contribution in [0.3, 0.4) is 0 Å². The van der Waals surface area contributed by atoms with E-state index in [0.29, 0.717) is 0 Å². The van der Waals surface area contributed by atoms with Crippen LogP contribution >= 0.6 is 56.5 Å². The second-order valence-electron chi connectivity index (χ2n) is 4.39. The fraction of sp³-hybridized carbons (Fsp3) is 1.00. The summed E-state index contributed by atoms with van der Waals surface area (Å²) in [5.74, 6) is 0.985. The molecule has 0 atom stereocenters. The highest BCUT2D eigenvalue weighted by Gasteiger charge is 2.01. The third-order valence-corrected chi connectivity index (χ3v) is 4.60. The van der Waals surface area contributed by atoms with Crippen molar-refractivity contribution in [2.75, 3.05) is 16.0 Å². The summed E-state index contributed by atoms with van der Waals surface area (Å²) in [6, 6.07) is 0. The second kappa shape index (κ2) is 28.6. The molecule has 0 spiro atoms. The number of unbranched alkanes of at least 4 members (excludes halogenated alkanes) is 3. The van der Waals surface area contributed by atoms with Crippen molar-refractivity contribution < 1.29 is 9.46 Å². The van der Waals surface area contributed by atoms with E-state index in [2.05, 4.69) is 61.6 Å². The molecule has 0 aromatic rings. The van der Waals surface area contributed by atoms with Crippen molar-refractivity contribution in [3.05, 3.63) is 0 Å². The highest BCUT2D eigenvalue weighted by Crippen LogP contribution is 2.15. The molecule has 0 aromatic heterocycles. The smallest absolute Gasteiger partial charge is 0.310 e. The van der Waals surface area contributed by atoms with E-state index in [4.69, 9.17) is 9.46 Å². The van der Waals surface area contributed by atoms with Gasteiger partial charge in [-0.15, -0.1) is 0 Å². The first-order valence-electron chi connectivity index (χ1n) is 7.32. The predicted octanol–water partition coefficient (Wildman–Crippen LogP) is 7.12. The van der Waals surface area contributed by atoms with E-state index in [1.54, 1.807) is 0 Å². The van der Waals surface area contributed by atoms with Crippen molar-refractivity contribution >= 4 is 56.5 Å². The van der Waals surface area contributed by atoms with Gasteiger partial charge >= 0.3 is 8.69 Å². The number of alkyl halides is 3. The molecule has 0 rings (SSSR count). The van der Waals surface area contributed by atoms with Gasteiger partial charge in [0.1, 0.15) is 0 Å². The molecule has 0 aliphatic rings. The quantitative estimate of drug-likeness (QED) is 0.197. The molecular formula is C14H30Br3O2P. The van der Waals surface area contributed by atoms with Crippen molar-refractivity contribution in [3.8, 4) is 0 Å². The van der Waals surface area contributed by atoms with E-state index in [0.717, 1.165) is 16.6 Å². The van der Waals surface area contributed by atoms with Gasteiger partial charge in [-0.3, -0.25) is 0 Å². The van der Waals surface area contributed by atoms with Gasteiger partial charge in [0.15, 0.2) is 0 Å². The molecule has 0 saturated heterocycles. The van der Waals surface area contributed by atoms with Crippen LogP contribution < -0.4 is 0 Å². The normalized spacial score (nSPS) is 9.75. The lowest BCUT2D eigenvalue weighted by atomic mass is 9.97. The van der Waals surface area contributed by atoms with Crippen LogP contribution in [0.15, 0.2) is 0 Å². The minimum atomic E-state index is -0.833. The van der Waals surface area contributed by atoms with Gasteiger partial charge < -0.3 is 4.89 Å². The molecule has 6 heteroatoms. The largest absolute Gasteiger partial charge is 0.324 e. The molecule has 0 bridgehead atoms. The van der Waals surface area contributed by atoms with Crippen molar-refractivity contribution in [2.45, 2.75) is 65.2 Å². The third kappa shape index (κ3) is 31.7. The molecule has 1 N–H and O–H groups in total. The first kappa shape index (κ1) is 26.4. The average molecular weight is 501 g/mol. The van der Waals surface area contributed by atoms with Gasteiger partial charge in [-0.05, 0) is 25.2 Å². The Labute approximate surface area is 152 Å². The lowest BCUT2D eigenvalue weighted by Gasteiger charge is -2.10. The SMILES string of the molecule is BrCCCCCBr.CCC(CC)CCCCBr.O=PO. The lowest BCUT2D eigenvalue weighted by Crippen LogP contribution is -1.96. The maximum absolute atomic E-state index is 8.46. The van der Waals surface area contributed by atoms with Crippen LogP contribution in [0.5, 0.6) is 0 Å². The first-order valence-corrected chi connectivity index (χ1v) is 11.5. The minimum absolute atomic E-state index is 0.833. The Kier molecular flexibility index (Phi) is 37.8. The first-order chi connectivity index (χ1) is 9.67. The van der Waals surface area contributed by atoms with Crippen LogP contribution in [0, 0.1) is 5.92 Å². The Balaban J connectivity index is -0.000000251. The van der Waals surface area contributed by atoms with Gasteiger partial charge in [0, 0.05) is 16.0 Å². The predicted molar refractivity (Wildman–Crippen MR) is 103 cm³/mol. The summed E-state index contributed by atoms with van der Waals surface area (Å²) in [4.78, 5) is 6.99. The number of halogens is 3. The molecule has 0 radical (unpaired) electrons. The zero-order chi connectivity index (χ0) is 16.1. The molecule has 0 aliphatic heterocycles. The van der Waals surface area contributed by atoms with E-state index in [1.807, 2.05) is 0 Å². The second-order valence-corrected chi connectivity index (χ2v) is 6.93. The number of rotatable bonds is 10. The zero-order valence-corrected chi connectivity index (χ0v) is 18.4. The van der Waals surface area contributed by atoms with Gasteiger partial charge in [0.25, 0.3) is 0 Å². The van der Waals surface area contributed by atoms with Crippen LogP contribution in [0.4, 0.5) is 0 Å². The highest BCUT2D eigenvalue weighted by molar-refractivity contribution is 9.09.